The third-order valence-corrected chi connectivity index (χ3v) is 2.28. The van der Waals surface area contributed by atoms with Crippen LogP contribution in [-0.4, -0.2) is 15.4 Å². The van der Waals surface area contributed by atoms with Crippen LogP contribution in [-0.2, 0) is 5.54 Å². The fourth-order valence-corrected chi connectivity index (χ4v) is 1.25. The van der Waals surface area contributed by atoms with Gasteiger partial charge in [0, 0.05) is 0 Å². The van der Waals surface area contributed by atoms with E-state index in [2.05, 4.69) is 22.3 Å². The maximum atomic E-state index is 5.94. The smallest absolute Gasteiger partial charge is 0.0756 e. The van der Waals surface area contributed by atoms with Crippen LogP contribution in [0.4, 0.5) is 0 Å². The van der Waals surface area contributed by atoms with Gasteiger partial charge in [-0.25, -0.2) is 0 Å². The van der Waals surface area contributed by atoms with E-state index in [9.17, 15) is 0 Å². The molecule has 0 aliphatic heterocycles. The van der Waals surface area contributed by atoms with E-state index in [-0.39, 0.29) is 5.54 Å². The Bertz CT molecular complexity index is 230. The summed E-state index contributed by atoms with van der Waals surface area (Å²) >= 11 is 0. The lowest BCUT2D eigenvalue weighted by atomic mass is 10.2. The molecule has 1 heterocycles. The molecule has 4 nitrogen and oxygen atoms in total. The molecule has 54 valence electrons. The minimum absolute atomic E-state index is 0.149. The van der Waals surface area contributed by atoms with Crippen molar-refractivity contribution in [3.63, 3.8) is 0 Å². The second-order valence-corrected chi connectivity index (χ2v) is 3.02. The van der Waals surface area contributed by atoms with E-state index in [0.717, 1.165) is 12.1 Å². The van der Waals surface area contributed by atoms with Crippen LogP contribution < -0.4 is 5.73 Å². The van der Waals surface area contributed by atoms with Gasteiger partial charge in [-0.15, -0.1) is 5.10 Å². The highest BCUT2D eigenvalue weighted by atomic mass is 15.3. The van der Waals surface area contributed by atoms with E-state index in [1.165, 1.54) is 0 Å². The average molecular weight is 138 g/mol. The summed E-state index contributed by atoms with van der Waals surface area (Å²) in [4.78, 5) is 0. The zero-order valence-electron chi connectivity index (χ0n) is 5.83. The summed E-state index contributed by atoms with van der Waals surface area (Å²) in [5, 5.41) is 10.1. The van der Waals surface area contributed by atoms with Gasteiger partial charge in [0.15, 0.2) is 0 Å². The van der Waals surface area contributed by atoms with Crippen molar-refractivity contribution in [1.82, 2.24) is 15.4 Å². The van der Waals surface area contributed by atoms with Crippen LogP contribution in [0, 0.1) is 5.92 Å². The molecule has 0 radical (unpaired) electrons. The quantitative estimate of drug-likeness (QED) is 0.574. The summed E-state index contributed by atoms with van der Waals surface area (Å²) in [6.07, 6.45) is 2.74. The number of aromatic nitrogens is 3. The van der Waals surface area contributed by atoms with Crippen LogP contribution in [0.25, 0.3) is 0 Å². The Hall–Kier alpha value is -0.900. The Morgan fingerprint density at radius 3 is 3.00 bits per heavy atom. The summed E-state index contributed by atoms with van der Waals surface area (Å²) in [6, 6.07) is 0. The minimum Gasteiger partial charge on any atom is -0.320 e. The monoisotopic (exact) mass is 138 g/mol. The zero-order chi connectivity index (χ0) is 7.19. The maximum Gasteiger partial charge on any atom is 0.0756 e. The number of nitrogens with zero attached hydrogens (tertiary/aromatic N) is 2. The molecule has 0 unspecified atom stereocenters. The highest BCUT2D eigenvalue weighted by Crippen LogP contribution is 2.47. The molecule has 2 rings (SSSR count). The van der Waals surface area contributed by atoms with Gasteiger partial charge in [-0.3, -0.25) is 5.10 Å². The molecule has 2 atom stereocenters. The van der Waals surface area contributed by atoms with Gasteiger partial charge in [-0.2, -0.15) is 0 Å². The lowest BCUT2D eigenvalue weighted by Crippen LogP contribution is -2.21. The first kappa shape index (κ1) is 5.85. The van der Waals surface area contributed by atoms with Gasteiger partial charge in [0.05, 0.1) is 17.4 Å². The Balaban J connectivity index is 2.30. The van der Waals surface area contributed by atoms with Gasteiger partial charge in [-0.05, 0) is 12.3 Å². The number of nitrogens with one attached hydrogen (secondary N) is 1. The first-order chi connectivity index (χ1) is 4.73. The summed E-state index contributed by atoms with van der Waals surface area (Å²) in [5.74, 6) is 0.565. The molecule has 1 aliphatic rings. The fraction of sp³-hybridized carbons (Fsp3) is 0.667. The van der Waals surface area contributed by atoms with Crippen LogP contribution in [0.1, 0.15) is 19.0 Å². The van der Waals surface area contributed by atoms with Crippen molar-refractivity contribution in [3.8, 4) is 0 Å². The molecule has 0 saturated heterocycles. The van der Waals surface area contributed by atoms with Gasteiger partial charge in [0.2, 0.25) is 0 Å². The van der Waals surface area contributed by atoms with E-state index in [1.54, 1.807) is 6.20 Å². The highest BCUT2D eigenvalue weighted by molar-refractivity contribution is 5.20. The first-order valence-corrected chi connectivity index (χ1v) is 3.39. The van der Waals surface area contributed by atoms with Gasteiger partial charge in [0.1, 0.15) is 0 Å². The van der Waals surface area contributed by atoms with E-state index in [0.29, 0.717) is 5.92 Å². The Labute approximate surface area is 58.8 Å². The van der Waals surface area contributed by atoms with E-state index in [4.69, 9.17) is 5.73 Å². The predicted molar refractivity (Wildman–Crippen MR) is 36.0 cm³/mol. The highest BCUT2D eigenvalue weighted by Gasteiger charge is 2.50. The molecular weight excluding hydrogens is 128 g/mol. The normalized spacial score (nSPS) is 38.0. The molecule has 3 N–H and O–H groups in total. The standard InChI is InChI=1S/C6H10N4/c1-4-2-6(4,7)5-3-8-10-9-5/h3-4H,2,7H2,1H3,(H,8,9,10)/t4-,6-/m1/s1. The van der Waals surface area contributed by atoms with Crippen molar-refractivity contribution in [2.24, 2.45) is 11.7 Å². The second kappa shape index (κ2) is 1.58. The number of H-pyrrole nitrogens is 1. The Kier molecular flexibility index (Phi) is 0.922. The fourth-order valence-electron chi connectivity index (χ4n) is 1.25. The predicted octanol–water partition coefficient (Wildman–Crippen LogP) is -0.00150. The number of hydrogen-bond acceptors (Lipinski definition) is 3. The van der Waals surface area contributed by atoms with Crippen molar-refractivity contribution >= 4 is 0 Å². The maximum absolute atomic E-state index is 5.94. The van der Waals surface area contributed by atoms with Gasteiger partial charge in [0.25, 0.3) is 0 Å². The van der Waals surface area contributed by atoms with Crippen LogP contribution in [0.2, 0.25) is 0 Å². The molecule has 0 bridgehead atoms. The number of hydrogen-bond donors (Lipinski definition) is 2. The van der Waals surface area contributed by atoms with Crippen LogP contribution in [0.3, 0.4) is 0 Å². The van der Waals surface area contributed by atoms with Gasteiger partial charge < -0.3 is 5.73 Å². The zero-order valence-corrected chi connectivity index (χ0v) is 5.83. The van der Waals surface area contributed by atoms with Gasteiger partial charge in [-0.1, -0.05) is 12.1 Å². The second-order valence-electron chi connectivity index (χ2n) is 3.02. The SMILES string of the molecule is C[C@@H]1C[C@]1(N)c1cnn[nH]1. The third-order valence-electron chi connectivity index (χ3n) is 2.28. The van der Waals surface area contributed by atoms with E-state index < -0.39 is 0 Å². The van der Waals surface area contributed by atoms with Crippen molar-refractivity contribution in [1.29, 1.82) is 0 Å². The van der Waals surface area contributed by atoms with Crippen molar-refractivity contribution in [2.45, 2.75) is 18.9 Å². The summed E-state index contributed by atoms with van der Waals surface area (Å²) in [7, 11) is 0. The molecule has 4 heteroatoms. The van der Waals surface area contributed by atoms with Crippen molar-refractivity contribution in [3.05, 3.63) is 11.9 Å². The molecular formula is C6H10N4. The molecule has 1 aromatic heterocycles. The molecule has 1 aromatic rings. The lowest BCUT2D eigenvalue weighted by molar-refractivity contribution is 0.638. The van der Waals surface area contributed by atoms with E-state index >= 15 is 0 Å². The van der Waals surface area contributed by atoms with Gasteiger partial charge >= 0.3 is 0 Å². The molecule has 1 saturated carbocycles. The summed E-state index contributed by atoms with van der Waals surface area (Å²) in [5.41, 5.74) is 6.75. The lowest BCUT2D eigenvalue weighted by Gasteiger charge is -2.03. The van der Waals surface area contributed by atoms with Crippen LogP contribution in [0.15, 0.2) is 6.20 Å². The summed E-state index contributed by atoms with van der Waals surface area (Å²) in [6.45, 7) is 2.13. The van der Waals surface area contributed by atoms with Crippen LogP contribution in [0.5, 0.6) is 0 Å². The summed E-state index contributed by atoms with van der Waals surface area (Å²) < 4.78 is 0. The molecule has 10 heavy (non-hydrogen) atoms. The largest absolute Gasteiger partial charge is 0.320 e. The average Bonchev–Trinajstić information content (AvgIpc) is 2.35. The Morgan fingerprint density at radius 1 is 1.90 bits per heavy atom. The number of aromatic amines is 1. The third kappa shape index (κ3) is 0.593. The van der Waals surface area contributed by atoms with Crippen molar-refractivity contribution in [2.75, 3.05) is 0 Å². The molecule has 0 aromatic carbocycles. The number of nitrogens with two attached hydrogens (primary N) is 1. The minimum atomic E-state index is -0.149. The molecule has 0 spiro atoms. The molecule has 1 fully saturated rings. The van der Waals surface area contributed by atoms with Crippen LogP contribution >= 0.6 is 0 Å². The van der Waals surface area contributed by atoms with Crippen molar-refractivity contribution < 1.29 is 0 Å². The number of rotatable bonds is 1. The topological polar surface area (TPSA) is 67.6 Å². The molecule has 0 amide bonds. The van der Waals surface area contributed by atoms with E-state index in [1.807, 2.05) is 0 Å². The Morgan fingerprint density at radius 2 is 2.60 bits per heavy atom. The molecule has 1 aliphatic carbocycles. The first-order valence-electron chi connectivity index (χ1n) is 3.39.